The van der Waals surface area contributed by atoms with Crippen LogP contribution in [-0.4, -0.2) is 25.5 Å². The van der Waals surface area contributed by atoms with Gasteiger partial charge in [0.15, 0.2) is 0 Å². The summed E-state index contributed by atoms with van der Waals surface area (Å²) in [4.78, 5) is 26.0. The van der Waals surface area contributed by atoms with Crippen LogP contribution in [0.1, 0.15) is 63.5 Å². The van der Waals surface area contributed by atoms with Crippen LogP contribution in [0.15, 0.2) is 84.9 Å². The maximum absolute atomic E-state index is 13.0. The molecular weight excluding hydrogens is 600 g/mol. The first-order valence-corrected chi connectivity index (χ1v) is 17.0. The van der Waals surface area contributed by atoms with E-state index in [-0.39, 0.29) is 0 Å². The van der Waals surface area contributed by atoms with Gasteiger partial charge in [-0.25, -0.2) is 9.59 Å². The van der Waals surface area contributed by atoms with Gasteiger partial charge in [0.2, 0.25) is 0 Å². The van der Waals surface area contributed by atoms with Crippen molar-refractivity contribution in [1.29, 1.82) is 0 Å². The van der Waals surface area contributed by atoms with E-state index in [4.69, 9.17) is 18.9 Å². The second kappa shape index (κ2) is 14.8. The Hall–Kier alpha value is -5.10. The summed E-state index contributed by atoms with van der Waals surface area (Å²) in [6.07, 6.45) is 4.21. The molecule has 0 N–H and O–H groups in total. The van der Waals surface area contributed by atoms with Crippen LogP contribution in [0.25, 0.3) is 54.2 Å². The molecule has 0 saturated carbocycles. The summed E-state index contributed by atoms with van der Waals surface area (Å²) in [5.41, 5.74) is 4.12. The fraction of sp³-hybridized carbons (Fsp3) is 0.286. The monoisotopic (exact) mass is 642 g/mol. The van der Waals surface area contributed by atoms with E-state index in [1.54, 1.807) is 0 Å². The van der Waals surface area contributed by atoms with E-state index >= 15 is 0 Å². The standard InChI is InChI=1S/C42H42O6/c1-5-7-13-25-45-41(43)47-39-31-21-11-9-19-29(31)37(35-27(3)17-15-23-33(35)39)38-30-20-10-12-22-32(30)40(34-24-16-18-28(4)36(34)38)48-42(44)46-26-14-8-6-2/h9-12,15-24H,5-8,13-14,25-26H2,1-4H3. The molecule has 0 radical (unpaired) electrons. The zero-order valence-corrected chi connectivity index (χ0v) is 28.2. The van der Waals surface area contributed by atoms with Crippen molar-refractivity contribution in [2.75, 3.05) is 13.2 Å². The van der Waals surface area contributed by atoms with Gasteiger partial charge in [0.1, 0.15) is 11.5 Å². The molecule has 0 aliphatic rings. The van der Waals surface area contributed by atoms with Gasteiger partial charge in [0.05, 0.1) is 13.2 Å². The molecule has 6 heteroatoms. The minimum absolute atomic E-state index is 0.317. The molecule has 0 aliphatic heterocycles. The second-order valence-electron chi connectivity index (χ2n) is 12.3. The molecule has 48 heavy (non-hydrogen) atoms. The third-order valence-corrected chi connectivity index (χ3v) is 8.97. The number of carbonyl (C=O) groups excluding carboxylic acids is 2. The SMILES string of the molecule is CCCCCOC(=O)Oc1c2ccccc2c(-c2c3ccccc3c(OC(=O)OCCCCC)c3cccc(C)c23)c2c(C)cccc12. The summed E-state index contributed by atoms with van der Waals surface area (Å²) < 4.78 is 23.1. The van der Waals surface area contributed by atoms with Crippen molar-refractivity contribution in [2.24, 2.45) is 0 Å². The molecule has 0 aromatic heterocycles. The van der Waals surface area contributed by atoms with Crippen molar-refractivity contribution in [3.8, 4) is 22.6 Å². The van der Waals surface area contributed by atoms with Crippen molar-refractivity contribution in [3.05, 3.63) is 96.1 Å². The molecule has 0 saturated heterocycles. The largest absolute Gasteiger partial charge is 0.513 e. The maximum Gasteiger partial charge on any atom is 0.513 e. The summed E-state index contributed by atoms with van der Waals surface area (Å²) in [6.45, 7) is 9.01. The zero-order chi connectivity index (χ0) is 33.6. The Balaban J connectivity index is 1.62. The van der Waals surface area contributed by atoms with Gasteiger partial charge in [0.25, 0.3) is 0 Å². The average molecular weight is 643 g/mol. The number of fused-ring (bicyclic) bond motifs is 4. The summed E-state index contributed by atoms with van der Waals surface area (Å²) in [5, 5.41) is 7.06. The quantitative estimate of drug-likeness (QED) is 0.0606. The lowest BCUT2D eigenvalue weighted by Gasteiger charge is -2.22. The van der Waals surface area contributed by atoms with Gasteiger partial charge in [-0.3, -0.25) is 0 Å². The lowest BCUT2D eigenvalue weighted by atomic mass is 9.83. The Morgan fingerprint density at radius 1 is 0.479 bits per heavy atom. The van der Waals surface area contributed by atoms with Crippen molar-refractivity contribution in [2.45, 2.75) is 66.2 Å². The highest BCUT2D eigenvalue weighted by molar-refractivity contribution is 6.27. The van der Waals surface area contributed by atoms with E-state index in [1.165, 1.54) is 0 Å². The Morgan fingerprint density at radius 2 is 0.854 bits per heavy atom. The lowest BCUT2D eigenvalue weighted by Crippen LogP contribution is -2.12. The molecule has 0 unspecified atom stereocenters. The van der Waals surface area contributed by atoms with Crippen molar-refractivity contribution in [3.63, 3.8) is 0 Å². The molecule has 0 amide bonds. The van der Waals surface area contributed by atoms with Gasteiger partial charge in [-0.05, 0) is 70.5 Å². The number of benzene rings is 6. The number of carbonyl (C=O) groups is 2. The van der Waals surface area contributed by atoms with Gasteiger partial charge in [-0.2, -0.15) is 0 Å². The average Bonchev–Trinajstić information content (AvgIpc) is 3.09. The third-order valence-electron chi connectivity index (χ3n) is 8.97. The molecule has 6 nitrogen and oxygen atoms in total. The van der Waals surface area contributed by atoms with Crippen molar-refractivity contribution < 1.29 is 28.5 Å². The first-order chi connectivity index (χ1) is 23.4. The Morgan fingerprint density at radius 3 is 1.25 bits per heavy atom. The van der Waals surface area contributed by atoms with Gasteiger partial charge < -0.3 is 18.9 Å². The van der Waals surface area contributed by atoms with Gasteiger partial charge in [-0.1, -0.05) is 124 Å². The minimum Gasteiger partial charge on any atom is -0.434 e. The van der Waals surface area contributed by atoms with E-state index in [0.29, 0.717) is 24.7 Å². The van der Waals surface area contributed by atoms with E-state index in [2.05, 4.69) is 52.0 Å². The van der Waals surface area contributed by atoms with Crippen LogP contribution in [0.4, 0.5) is 9.59 Å². The van der Waals surface area contributed by atoms with Crippen LogP contribution < -0.4 is 9.47 Å². The van der Waals surface area contributed by atoms with Gasteiger partial charge in [-0.15, -0.1) is 0 Å². The molecule has 6 aromatic rings. The fourth-order valence-corrected chi connectivity index (χ4v) is 6.72. The highest BCUT2D eigenvalue weighted by atomic mass is 16.7. The third kappa shape index (κ3) is 6.40. The number of ether oxygens (including phenoxy) is 4. The van der Waals surface area contributed by atoms with Crippen molar-refractivity contribution >= 4 is 55.4 Å². The minimum atomic E-state index is -0.707. The first-order valence-electron chi connectivity index (χ1n) is 17.0. The van der Waals surface area contributed by atoms with Crippen LogP contribution in [0.2, 0.25) is 0 Å². The highest BCUT2D eigenvalue weighted by Crippen LogP contribution is 2.51. The van der Waals surface area contributed by atoms with E-state index in [0.717, 1.165) is 104 Å². The van der Waals surface area contributed by atoms with E-state index in [9.17, 15) is 9.59 Å². The number of aryl methyl sites for hydroxylation is 2. The molecule has 0 aliphatic carbocycles. The first kappa shape index (κ1) is 32.8. The van der Waals surface area contributed by atoms with Crippen molar-refractivity contribution in [1.82, 2.24) is 0 Å². The van der Waals surface area contributed by atoms with E-state index < -0.39 is 12.3 Å². The molecule has 6 aromatic carbocycles. The van der Waals surface area contributed by atoms with Crippen LogP contribution in [-0.2, 0) is 9.47 Å². The summed E-state index contributed by atoms with van der Waals surface area (Å²) >= 11 is 0. The molecule has 246 valence electrons. The number of hydrogen-bond acceptors (Lipinski definition) is 6. The molecule has 6 rings (SSSR count). The van der Waals surface area contributed by atoms with Gasteiger partial charge in [0, 0.05) is 21.5 Å². The van der Waals surface area contributed by atoms with Crippen LogP contribution in [0.5, 0.6) is 11.5 Å². The molecule has 0 heterocycles. The number of hydrogen-bond donors (Lipinski definition) is 0. The zero-order valence-electron chi connectivity index (χ0n) is 28.2. The second-order valence-corrected chi connectivity index (χ2v) is 12.3. The summed E-state index contributed by atoms with van der Waals surface area (Å²) in [5.74, 6) is 0.953. The van der Waals surface area contributed by atoms with Crippen LogP contribution in [0, 0.1) is 13.8 Å². The predicted molar refractivity (Wildman–Crippen MR) is 194 cm³/mol. The van der Waals surface area contributed by atoms with Crippen LogP contribution >= 0.6 is 0 Å². The topological polar surface area (TPSA) is 71.1 Å². The molecule has 0 fully saturated rings. The Bertz CT molecular complexity index is 1980. The Labute approximate surface area is 281 Å². The van der Waals surface area contributed by atoms with Crippen LogP contribution in [0.3, 0.4) is 0 Å². The summed E-state index contributed by atoms with van der Waals surface area (Å²) in [7, 11) is 0. The van der Waals surface area contributed by atoms with Gasteiger partial charge >= 0.3 is 12.3 Å². The normalized spacial score (nSPS) is 11.3. The number of unbranched alkanes of at least 4 members (excludes halogenated alkanes) is 4. The predicted octanol–water partition coefficient (Wildman–Crippen LogP) is 12.0. The molecule has 0 spiro atoms. The maximum atomic E-state index is 13.0. The fourth-order valence-electron chi connectivity index (χ4n) is 6.72. The highest BCUT2D eigenvalue weighted by Gasteiger charge is 2.25. The smallest absolute Gasteiger partial charge is 0.434 e. The van der Waals surface area contributed by atoms with E-state index in [1.807, 2.05) is 60.7 Å². The molecule has 0 atom stereocenters. The molecule has 0 bridgehead atoms. The molecular formula is C42H42O6. The summed E-state index contributed by atoms with van der Waals surface area (Å²) in [6, 6.07) is 28.2. The lowest BCUT2D eigenvalue weighted by molar-refractivity contribution is 0.0973. The Kier molecular flexibility index (Phi) is 10.1. The number of rotatable bonds is 11.